The molecule has 0 spiro atoms. The fourth-order valence-electron chi connectivity index (χ4n) is 1.14. The Kier molecular flexibility index (Phi) is 4.29. The highest BCUT2D eigenvalue weighted by molar-refractivity contribution is 6.30. The first-order chi connectivity index (χ1) is 8.43. The van der Waals surface area contributed by atoms with Gasteiger partial charge in [0, 0.05) is 5.02 Å². The third kappa shape index (κ3) is 3.50. The van der Waals surface area contributed by atoms with Gasteiger partial charge in [-0.15, -0.1) is 0 Å². The van der Waals surface area contributed by atoms with Crippen LogP contribution in [-0.2, 0) is 9.59 Å². The Balaban J connectivity index is 3.13. The first kappa shape index (κ1) is 13.5. The molecule has 18 heavy (non-hydrogen) atoms. The number of carboxylic acid groups (broad SMARTS) is 2. The monoisotopic (exact) mass is 266 g/mol. The van der Waals surface area contributed by atoms with Crippen molar-refractivity contribution in [2.75, 3.05) is 5.32 Å². The molecule has 1 rings (SSSR count). The van der Waals surface area contributed by atoms with Gasteiger partial charge in [0.05, 0.1) is 17.3 Å². The van der Waals surface area contributed by atoms with Crippen LogP contribution in [0.2, 0.25) is 5.02 Å². The molecule has 0 bridgehead atoms. The zero-order chi connectivity index (χ0) is 13.7. The van der Waals surface area contributed by atoms with Crippen LogP contribution in [0.5, 0.6) is 0 Å². The highest BCUT2D eigenvalue weighted by atomic mass is 35.5. The second-order valence-electron chi connectivity index (χ2n) is 3.13. The van der Waals surface area contributed by atoms with Gasteiger partial charge in [-0.05, 0) is 18.2 Å². The van der Waals surface area contributed by atoms with Crippen molar-refractivity contribution in [1.29, 1.82) is 5.26 Å². The lowest BCUT2D eigenvalue weighted by Gasteiger charge is -2.08. The van der Waals surface area contributed by atoms with Gasteiger partial charge in [0.1, 0.15) is 11.8 Å². The van der Waals surface area contributed by atoms with Gasteiger partial charge in [-0.25, -0.2) is 9.59 Å². The average Bonchev–Trinajstić information content (AvgIpc) is 2.29. The lowest BCUT2D eigenvalue weighted by molar-refractivity contribution is -0.134. The Morgan fingerprint density at radius 2 is 2.06 bits per heavy atom. The number of aliphatic carboxylic acids is 2. The summed E-state index contributed by atoms with van der Waals surface area (Å²) >= 11 is 5.68. The lowest BCUT2D eigenvalue weighted by Crippen LogP contribution is -2.13. The molecule has 6 nitrogen and oxygen atoms in total. The maximum Gasteiger partial charge on any atom is 0.352 e. The van der Waals surface area contributed by atoms with Crippen LogP contribution in [0.4, 0.5) is 5.69 Å². The third-order valence-corrected chi connectivity index (χ3v) is 2.10. The second kappa shape index (κ2) is 5.70. The van der Waals surface area contributed by atoms with E-state index in [-0.39, 0.29) is 11.3 Å². The molecule has 0 fully saturated rings. The summed E-state index contributed by atoms with van der Waals surface area (Å²) in [5.41, 5.74) is -0.279. The van der Waals surface area contributed by atoms with Gasteiger partial charge < -0.3 is 15.5 Å². The molecule has 0 aliphatic heterocycles. The van der Waals surface area contributed by atoms with Crippen molar-refractivity contribution in [2.45, 2.75) is 0 Å². The summed E-state index contributed by atoms with van der Waals surface area (Å²) in [6.07, 6.45) is 0.498. The molecule has 0 aliphatic carbocycles. The quantitative estimate of drug-likeness (QED) is 0.715. The molecule has 0 saturated carbocycles. The maximum atomic E-state index is 10.8. The van der Waals surface area contributed by atoms with Gasteiger partial charge in [0.25, 0.3) is 0 Å². The van der Waals surface area contributed by atoms with E-state index in [9.17, 15) is 9.59 Å². The number of nitrogens with one attached hydrogen (secondary N) is 1. The third-order valence-electron chi connectivity index (χ3n) is 1.87. The van der Waals surface area contributed by atoms with Crippen LogP contribution in [0.15, 0.2) is 30.0 Å². The topological polar surface area (TPSA) is 110 Å². The standard InChI is InChI=1S/C11H7ClN2O4/c12-7-1-2-8(6(3-7)5-13)14-9(11(17)18)4-10(15)16/h1-4,14H,(H,15,16)(H,17,18). The number of carboxylic acids is 2. The molecular weight excluding hydrogens is 260 g/mol. The van der Waals surface area contributed by atoms with Crippen LogP contribution in [0.1, 0.15) is 5.56 Å². The predicted octanol–water partition coefficient (Wildman–Crippen LogP) is 1.68. The lowest BCUT2D eigenvalue weighted by atomic mass is 10.2. The molecule has 3 N–H and O–H groups in total. The van der Waals surface area contributed by atoms with Crippen molar-refractivity contribution in [3.63, 3.8) is 0 Å². The van der Waals surface area contributed by atoms with E-state index in [2.05, 4.69) is 5.32 Å². The molecule has 1 aromatic rings. The Morgan fingerprint density at radius 3 is 2.56 bits per heavy atom. The highest BCUT2D eigenvalue weighted by Crippen LogP contribution is 2.21. The normalized spacial score (nSPS) is 10.6. The minimum absolute atomic E-state index is 0.111. The van der Waals surface area contributed by atoms with E-state index in [1.54, 1.807) is 0 Å². The van der Waals surface area contributed by atoms with E-state index in [1.165, 1.54) is 18.2 Å². The number of hydrogen-bond donors (Lipinski definition) is 3. The zero-order valence-corrected chi connectivity index (χ0v) is 9.60. The molecular formula is C11H7ClN2O4. The number of hydrogen-bond acceptors (Lipinski definition) is 4. The van der Waals surface area contributed by atoms with E-state index in [0.29, 0.717) is 11.1 Å². The van der Waals surface area contributed by atoms with Crippen LogP contribution >= 0.6 is 11.6 Å². The van der Waals surface area contributed by atoms with Crippen LogP contribution in [-0.4, -0.2) is 22.2 Å². The minimum atomic E-state index is -1.45. The first-order valence-electron chi connectivity index (χ1n) is 4.58. The Bertz CT molecular complexity index is 575. The summed E-state index contributed by atoms with van der Waals surface area (Å²) < 4.78 is 0. The number of halogens is 1. The molecule has 0 atom stereocenters. The Hall–Kier alpha value is -2.52. The molecule has 92 valence electrons. The average molecular weight is 267 g/mol. The SMILES string of the molecule is N#Cc1cc(Cl)ccc1NC(=CC(=O)O)C(=O)O. The molecule has 0 aromatic heterocycles. The number of benzene rings is 1. The summed E-state index contributed by atoms with van der Waals surface area (Å²) in [7, 11) is 0. The van der Waals surface area contributed by atoms with Crippen LogP contribution in [0.25, 0.3) is 0 Å². The van der Waals surface area contributed by atoms with E-state index in [1.807, 2.05) is 6.07 Å². The molecule has 0 aliphatic rings. The molecule has 7 heteroatoms. The molecule has 0 heterocycles. The van der Waals surface area contributed by atoms with Crippen molar-refractivity contribution in [3.8, 4) is 6.07 Å². The summed E-state index contributed by atoms with van der Waals surface area (Å²) in [6.45, 7) is 0. The van der Waals surface area contributed by atoms with Gasteiger partial charge >= 0.3 is 11.9 Å². The number of nitriles is 1. The van der Waals surface area contributed by atoms with Gasteiger partial charge in [-0.1, -0.05) is 11.6 Å². The van der Waals surface area contributed by atoms with Gasteiger partial charge in [0.15, 0.2) is 0 Å². The van der Waals surface area contributed by atoms with E-state index in [0.717, 1.165) is 0 Å². The number of nitrogens with zero attached hydrogens (tertiary/aromatic N) is 1. The second-order valence-corrected chi connectivity index (χ2v) is 3.56. The van der Waals surface area contributed by atoms with Crippen LogP contribution < -0.4 is 5.32 Å². The summed E-state index contributed by atoms with van der Waals surface area (Å²) in [5.74, 6) is -2.86. The molecule has 0 radical (unpaired) electrons. The zero-order valence-electron chi connectivity index (χ0n) is 8.85. The number of anilines is 1. The largest absolute Gasteiger partial charge is 0.478 e. The smallest absolute Gasteiger partial charge is 0.352 e. The van der Waals surface area contributed by atoms with Gasteiger partial charge in [0.2, 0.25) is 0 Å². The van der Waals surface area contributed by atoms with E-state index >= 15 is 0 Å². The van der Waals surface area contributed by atoms with Gasteiger partial charge in [-0.2, -0.15) is 5.26 Å². The molecule has 0 saturated heterocycles. The maximum absolute atomic E-state index is 10.8. The van der Waals surface area contributed by atoms with Crippen molar-refractivity contribution < 1.29 is 19.8 Å². The molecule has 0 amide bonds. The van der Waals surface area contributed by atoms with E-state index in [4.69, 9.17) is 27.1 Å². The predicted molar refractivity (Wildman–Crippen MR) is 63.1 cm³/mol. The molecule has 1 aromatic carbocycles. The van der Waals surface area contributed by atoms with Crippen molar-refractivity contribution in [1.82, 2.24) is 0 Å². The Labute approximate surface area is 107 Å². The highest BCUT2D eigenvalue weighted by Gasteiger charge is 2.12. The summed E-state index contributed by atoms with van der Waals surface area (Å²) in [6, 6.07) is 5.99. The van der Waals surface area contributed by atoms with Crippen molar-refractivity contribution in [2.24, 2.45) is 0 Å². The minimum Gasteiger partial charge on any atom is -0.478 e. The fraction of sp³-hybridized carbons (Fsp3) is 0. The Morgan fingerprint density at radius 1 is 1.39 bits per heavy atom. The van der Waals surface area contributed by atoms with E-state index < -0.39 is 17.6 Å². The first-order valence-corrected chi connectivity index (χ1v) is 4.96. The number of rotatable bonds is 4. The summed E-state index contributed by atoms with van der Waals surface area (Å²) in [4.78, 5) is 21.2. The van der Waals surface area contributed by atoms with Crippen molar-refractivity contribution >= 4 is 29.2 Å². The van der Waals surface area contributed by atoms with Crippen molar-refractivity contribution in [3.05, 3.63) is 40.6 Å². The molecule has 0 unspecified atom stereocenters. The summed E-state index contributed by atoms with van der Waals surface area (Å²) in [5, 5.41) is 28.8. The van der Waals surface area contributed by atoms with Crippen LogP contribution in [0.3, 0.4) is 0 Å². The fourth-order valence-corrected chi connectivity index (χ4v) is 1.31. The number of carbonyl (C=O) groups is 2. The van der Waals surface area contributed by atoms with Gasteiger partial charge in [-0.3, -0.25) is 0 Å². The van der Waals surface area contributed by atoms with Crippen LogP contribution in [0, 0.1) is 11.3 Å².